The molecule has 28 N–H and O–H groups in total. The zero-order valence-electron chi connectivity index (χ0n) is 72.2. The third-order valence-electron chi connectivity index (χ3n) is 20.5. The summed E-state index contributed by atoms with van der Waals surface area (Å²) in [6, 6.07) is -15.3. The first-order chi connectivity index (χ1) is 58.2. The highest BCUT2D eigenvalue weighted by molar-refractivity contribution is 6.02. The Labute approximate surface area is 717 Å². The molecular formula is C79H127N23O22. The number of guanidine groups is 1. The van der Waals surface area contributed by atoms with Crippen LogP contribution in [0, 0.1) is 23.7 Å². The zero-order chi connectivity index (χ0) is 93.3. The van der Waals surface area contributed by atoms with Crippen molar-refractivity contribution in [2.45, 2.75) is 263 Å². The van der Waals surface area contributed by atoms with Crippen molar-refractivity contribution in [2.75, 3.05) is 39.4 Å². The summed E-state index contributed by atoms with van der Waals surface area (Å²) in [5, 5.41) is 65.4. The van der Waals surface area contributed by atoms with Crippen LogP contribution in [0.15, 0.2) is 35.5 Å². The number of carbonyl (C=O) groups excluding carboxylic acids is 18. The number of carboxylic acid groups (broad SMARTS) is 1. The number of aliphatic imine (C=N–C) groups is 1. The van der Waals surface area contributed by atoms with E-state index in [2.05, 4.69) is 84.4 Å². The second-order valence-corrected chi connectivity index (χ2v) is 32.6. The van der Waals surface area contributed by atoms with Crippen LogP contribution in [0.1, 0.15) is 166 Å². The third-order valence-corrected chi connectivity index (χ3v) is 20.5. The van der Waals surface area contributed by atoms with Crippen LogP contribution in [0.4, 0.5) is 0 Å². The summed E-state index contributed by atoms with van der Waals surface area (Å²) in [6.45, 7) is 15.9. The van der Waals surface area contributed by atoms with Crippen molar-refractivity contribution in [3.05, 3.63) is 36.0 Å². The van der Waals surface area contributed by atoms with Gasteiger partial charge in [-0.25, -0.2) is 0 Å². The summed E-state index contributed by atoms with van der Waals surface area (Å²) in [7, 11) is 0. The minimum Gasteiger partial charge on any atom is -0.480 e. The van der Waals surface area contributed by atoms with Crippen molar-refractivity contribution in [3.63, 3.8) is 0 Å². The third kappa shape index (κ3) is 33.2. The maximum atomic E-state index is 14.5. The molecule has 2 aliphatic rings. The zero-order valence-corrected chi connectivity index (χ0v) is 72.2. The molecule has 124 heavy (non-hydrogen) atoms. The molecule has 0 aliphatic carbocycles. The average Bonchev–Trinajstić information content (AvgIpc) is 1.66. The van der Waals surface area contributed by atoms with E-state index in [-0.39, 0.29) is 95.2 Å². The quantitative estimate of drug-likeness (QED) is 0.0166. The van der Waals surface area contributed by atoms with Crippen LogP contribution in [0.2, 0.25) is 0 Å². The molecule has 3 heterocycles. The van der Waals surface area contributed by atoms with Gasteiger partial charge in [-0.2, -0.15) is 0 Å². The lowest BCUT2D eigenvalue weighted by molar-refractivity contribution is -0.143. The largest absolute Gasteiger partial charge is 0.480 e. The Bertz CT molecular complexity index is 4150. The Morgan fingerprint density at radius 2 is 0.895 bits per heavy atom. The normalized spacial score (nSPS) is 17.2. The minimum atomic E-state index is -1.72. The van der Waals surface area contributed by atoms with E-state index in [1.165, 1.54) is 32.6 Å². The first-order valence-corrected chi connectivity index (χ1v) is 41.4. The fraction of sp³-hybridized carbons (Fsp3) is 0.646. The van der Waals surface area contributed by atoms with E-state index in [4.69, 9.17) is 28.7 Å². The van der Waals surface area contributed by atoms with Crippen LogP contribution in [-0.4, -0.2) is 284 Å². The van der Waals surface area contributed by atoms with Gasteiger partial charge in [0.15, 0.2) is 5.96 Å². The van der Waals surface area contributed by atoms with Gasteiger partial charge < -0.3 is 133 Å². The topological polar surface area (TPSA) is 718 Å². The Morgan fingerprint density at radius 3 is 1.43 bits per heavy atom. The maximum absolute atomic E-state index is 14.5. The minimum absolute atomic E-state index is 0.000762. The maximum Gasteiger partial charge on any atom is 0.325 e. The molecular weight excluding hydrogens is 1620 g/mol. The van der Waals surface area contributed by atoms with Gasteiger partial charge in [-0.15, -0.1) is 0 Å². The summed E-state index contributed by atoms with van der Waals surface area (Å²) in [6.07, 6.45) is 0.717. The van der Waals surface area contributed by atoms with Crippen LogP contribution < -0.4 is 103 Å². The van der Waals surface area contributed by atoms with Crippen molar-refractivity contribution in [1.29, 1.82) is 0 Å². The molecule has 45 heteroatoms. The highest BCUT2D eigenvalue weighted by atomic mass is 16.4. The number of nitrogens with zero attached hydrogens (tertiary/aromatic N) is 3. The molecule has 690 valence electrons. The number of para-hydroxylation sites is 1. The molecule has 0 radical (unpaired) electrons. The number of nitrogens with two attached hydrogens (primary N) is 5. The number of aromatic nitrogens is 1. The Balaban J connectivity index is 1.39. The lowest BCUT2D eigenvalue weighted by atomic mass is 9.99. The fourth-order valence-electron chi connectivity index (χ4n) is 13.6. The average molecular weight is 1750 g/mol. The van der Waals surface area contributed by atoms with E-state index in [0.29, 0.717) is 16.5 Å². The van der Waals surface area contributed by atoms with Gasteiger partial charge in [0.05, 0.1) is 25.8 Å². The number of amides is 18. The first-order valence-electron chi connectivity index (χ1n) is 41.4. The molecule has 1 aromatic carbocycles. The van der Waals surface area contributed by atoms with Gasteiger partial charge in [-0.3, -0.25) is 96.1 Å². The van der Waals surface area contributed by atoms with Crippen molar-refractivity contribution in [3.8, 4) is 0 Å². The molecule has 16 atom stereocenters. The number of rotatable bonds is 51. The van der Waals surface area contributed by atoms with E-state index in [9.17, 15) is 106 Å². The summed E-state index contributed by atoms with van der Waals surface area (Å²) in [4.78, 5) is 267. The summed E-state index contributed by atoms with van der Waals surface area (Å²) in [5.74, 6) is -19.2. The summed E-state index contributed by atoms with van der Waals surface area (Å²) >= 11 is 0. The summed E-state index contributed by atoms with van der Waals surface area (Å²) in [5.41, 5.74) is 28.9. The molecule has 4 rings (SSSR count). The number of H-pyrrole nitrogens is 1. The van der Waals surface area contributed by atoms with E-state index in [1.54, 1.807) is 72.0 Å². The van der Waals surface area contributed by atoms with E-state index in [1.807, 2.05) is 13.8 Å². The van der Waals surface area contributed by atoms with Gasteiger partial charge >= 0.3 is 5.97 Å². The van der Waals surface area contributed by atoms with Crippen LogP contribution in [0.3, 0.4) is 0 Å². The molecule has 2 fully saturated rings. The highest BCUT2D eigenvalue weighted by Crippen LogP contribution is 2.24. The van der Waals surface area contributed by atoms with E-state index in [0.717, 1.165) is 4.90 Å². The highest BCUT2D eigenvalue weighted by Gasteiger charge is 2.43. The molecule has 0 spiro atoms. The second-order valence-electron chi connectivity index (χ2n) is 32.6. The SMILES string of the molecule is CC(C)C[C@H](NC(=O)[C@H](C)NC(=O)[C@H](CCC(N)=O)NC(=O)[C@@H]1CCCN1C(=O)[C@@H](NC(=O)[C@H](C)NC(=O)CNC(=O)[C@@H]1CCCN1C(=O)[C@H](CO)NC(=O)[C@H](CCC(N)=O)NC(=O)[C@H](CO)NC(=O)[C@@H](N)CC(C)C)C(C)C)C(=O)N[C@H](C(=O)N[C@@H](C)C(=O)N[C@@H](Cc1c[nH]c2ccccc12)C(=O)N[C@@H](CCCN=C(N)N)C(=O)N[C@@H](C)C(=O)O)C(C)C. The van der Waals surface area contributed by atoms with Crippen molar-refractivity contribution < 1.29 is 106 Å². The monoisotopic (exact) mass is 1750 g/mol. The lowest BCUT2D eigenvalue weighted by Crippen LogP contribution is -2.61. The number of fused-ring (bicyclic) bond motifs is 1. The number of aromatic amines is 1. The number of hydrogen-bond acceptors (Lipinski definition) is 23. The van der Waals surface area contributed by atoms with Crippen molar-refractivity contribution in [2.24, 2.45) is 57.3 Å². The molecule has 0 unspecified atom stereocenters. The van der Waals surface area contributed by atoms with Crippen LogP contribution >= 0.6 is 0 Å². The van der Waals surface area contributed by atoms with Crippen LogP contribution in [0.25, 0.3) is 10.9 Å². The number of aliphatic hydroxyl groups excluding tert-OH is 2. The smallest absolute Gasteiger partial charge is 0.325 e. The number of primary amides is 2. The predicted octanol–water partition coefficient (Wildman–Crippen LogP) is -7.42. The number of aliphatic carboxylic acids is 1. The molecule has 0 saturated carbocycles. The van der Waals surface area contributed by atoms with Gasteiger partial charge in [0.2, 0.25) is 106 Å². The first kappa shape index (κ1) is 104. The molecule has 45 nitrogen and oxygen atoms in total. The number of carboxylic acids is 1. The van der Waals surface area contributed by atoms with E-state index >= 15 is 0 Å². The Kier molecular flexibility index (Phi) is 42.4. The van der Waals surface area contributed by atoms with Crippen molar-refractivity contribution in [1.82, 2.24) is 89.2 Å². The Morgan fingerprint density at radius 1 is 0.460 bits per heavy atom. The van der Waals surface area contributed by atoms with Crippen molar-refractivity contribution >= 4 is 129 Å². The number of nitrogens with one attached hydrogen (secondary N) is 15. The molecule has 0 bridgehead atoms. The van der Waals surface area contributed by atoms with Gasteiger partial charge in [-0.05, 0) is 127 Å². The fourth-order valence-corrected chi connectivity index (χ4v) is 13.6. The Hall–Kier alpha value is -12.2. The molecule has 2 aromatic rings. The lowest BCUT2D eigenvalue weighted by Gasteiger charge is -2.32. The molecule has 2 aliphatic heterocycles. The second kappa shape index (κ2) is 50.4. The molecule has 2 saturated heterocycles. The predicted molar refractivity (Wildman–Crippen MR) is 447 cm³/mol. The van der Waals surface area contributed by atoms with Gasteiger partial charge in [0, 0.05) is 56.0 Å². The number of aliphatic hydroxyl groups is 2. The molecule has 1 aromatic heterocycles. The van der Waals surface area contributed by atoms with Gasteiger partial charge in [0.25, 0.3) is 0 Å². The van der Waals surface area contributed by atoms with E-state index < -0.39 is 266 Å². The number of benzene rings is 1. The number of likely N-dealkylation sites (tertiary alicyclic amines) is 2. The van der Waals surface area contributed by atoms with Crippen LogP contribution in [0.5, 0.6) is 0 Å². The summed E-state index contributed by atoms with van der Waals surface area (Å²) < 4.78 is 0. The number of hydrogen-bond donors (Lipinski definition) is 23. The molecule has 18 amide bonds. The standard InChI is InChI=1S/C79H127N23O22/c1-37(2)30-47(80)66(111)97-54(35-103)72(117)93-51(24-26-59(82)106)69(114)98-55(36-104)76(121)101-28-16-21-56(101)73(118)87-34-60(107)88-41(9)65(110)100-62(40(7)8)77(122)102-29-17-22-57(102)74(119)94-50(23-25-58(81)105)68(113)89-42(10)63(108)95-52(31-38(3)4)71(116)99-61(39(5)6)75(120)90-43(11)64(109)96-53(32-45-33-86-48-19-14-13-18-46(45)48)70(115)92-49(20-15-27-85-79(83)84)67(112)91-44(12)78(123)124/h13-14,18-19,33,37-44,47,49-57,61-62,86,103-104H,15-17,20-32,34-36,80H2,1-12H3,(H2,81,105)(H2,82,106)(H,87,118)(H,88,107)(H,89,113)(H,90,120)(H,91,112)(H,92,115)(H,93,117)(H,94,119)(H,95,108)(H,96,109)(H,97,111)(H,98,114)(H,99,116)(H,100,110)(H,123,124)(H4,83,84,85)/t41-,42-,43-,44-,47-,49-,50-,51-,52-,53-,54-,55-,56-,57-,61-,62-/m0/s1. The van der Waals surface area contributed by atoms with Gasteiger partial charge in [-0.1, -0.05) is 73.6 Å². The van der Waals surface area contributed by atoms with Crippen LogP contribution in [-0.2, 0) is 97.5 Å². The number of carbonyl (C=O) groups is 19. The van der Waals surface area contributed by atoms with Gasteiger partial charge in [0.1, 0.15) is 90.6 Å².